The summed E-state index contributed by atoms with van der Waals surface area (Å²) in [5.74, 6) is 0.411. The van der Waals surface area contributed by atoms with Gasteiger partial charge >= 0.3 is 0 Å². The standard InChI is InChI=1S/C18H40N2O3/c1-15(13-19)14-23-18(4,5)9-6-10-21-11-8-17(3)22-12-7-16(2)20/h15-17H,6-14,19-20H2,1-5H3. The third-order valence-corrected chi connectivity index (χ3v) is 3.87. The predicted molar refractivity (Wildman–Crippen MR) is 96.6 cm³/mol. The molecule has 5 heteroatoms. The largest absolute Gasteiger partial charge is 0.381 e. The highest BCUT2D eigenvalue weighted by Gasteiger charge is 2.18. The van der Waals surface area contributed by atoms with Crippen LogP contribution in [0.25, 0.3) is 0 Å². The van der Waals surface area contributed by atoms with Crippen molar-refractivity contribution in [3.05, 3.63) is 0 Å². The van der Waals surface area contributed by atoms with E-state index in [1.165, 1.54) is 0 Å². The minimum Gasteiger partial charge on any atom is -0.381 e. The summed E-state index contributed by atoms with van der Waals surface area (Å²) in [7, 11) is 0. The SMILES string of the molecule is CC(N)CCOC(C)CCOCCCC(C)(C)OCC(C)CN. The molecule has 0 amide bonds. The van der Waals surface area contributed by atoms with Gasteiger partial charge < -0.3 is 25.7 Å². The average molecular weight is 333 g/mol. The first kappa shape index (κ1) is 22.8. The van der Waals surface area contributed by atoms with Crippen molar-refractivity contribution < 1.29 is 14.2 Å². The number of rotatable bonds is 15. The van der Waals surface area contributed by atoms with Crippen LogP contribution in [-0.4, -0.2) is 50.7 Å². The van der Waals surface area contributed by atoms with Gasteiger partial charge in [0.05, 0.1) is 18.3 Å². The summed E-state index contributed by atoms with van der Waals surface area (Å²) in [6, 6.07) is 0.205. The molecule has 0 aliphatic rings. The molecule has 0 aliphatic carbocycles. The van der Waals surface area contributed by atoms with Crippen LogP contribution in [0.4, 0.5) is 0 Å². The number of hydrogen-bond donors (Lipinski definition) is 2. The molecule has 0 heterocycles. The first-order chi connectivity index (χ1) is 10.8. The lowest BCUT2D eigenvalue weighted by molar-refractivity contribution is -0.0430. The fourth-order valence-corrected chi connectivity index (χ4v) is 2.00. The van der Waals surface area contributed by atoms with Crippen molar-refractivity contribution in [2.75, 3.05) is 33.0 Å². The molecule has 0 saturated carbocycles. The van der Waals surface area contributed by atoms with Crippen LogP contribution in [0.15, 0.2) is 0 Å². The molecule has 0 aromatic rings. The van der Waals surface area contributed by atoms with E-state index in [1.54, 1.807) is 0 Å². The van der Waals surface area contributed by atoms with E-state index in [1.807, 2.05) is 6.92 Å². The first-order valence-corrected chi connectivity index (χ1v) is 9.05. The molecule has 0 rings (SSSR count). The zero-order chi connectivity index (χ0) is 17.7. The summed E-state index contributed by atoms with van der Waals surface area (Å²) >= 11 is 0. The van der Waals surface area contributed by atoms with Crippen LogP contribution in [0, 0.1) is 5.92 Å². The van der Waals surface area contributed by atoms with Gasteiger partial charge in [0.1, 0.15) is 0 Å². The van der Waals surface area contributed by atoms with E-state index in [4.69, 9.17) is 25.7 Å². The van der Waals surface area contributed by atoms with Crippen molar-refractivity contribution in [1.82, 2.24) is 0 Å². The van der Waals surface area contributed by atoms with Gasteiger partial charge in [-0.1, -0.05) is 6.92 Å². The van der Waals surface area contributed by atoms with Crippen LogP contribution in [0.5, 0.6) is 0 Å². The van der Waals surface area contributed by atoms with E-state index in [2.05, 4.69) is 27.7 Å². The van der Waals surface area contributed by atoms with Crippen LogP contribution in [0.3, 0.4) is 0 Å². The van der Waals surface area contributed by atoms with Gasteiger partial charge in [0.2, 0.25) is 0 Å². The van der Waals surface area contributed by atoms with Gasteiger partial charge in [-0.05, 0) is 65.8 Å². The summed E-state index contributed by atoms with van der Waals surface area (Å²) in [4.78, 5) is 0. The van der Waals surface area contributed by atoms with E-state index < -0.39 is 0 Å². The minimum absolute atomic E-state index is 0.109. The molecule has 0 saturated heterocycles. The summed E-state index contributed by atoms with van der Waals surface area (Å²) in [6.45, 7) is 14.1. The van der Waals surface area contributed by atoms with Gasteiger partial charge in [-0.2, -0.15) is 0 Å². The smallest absolute Gasteiger partial charge is 0.0627 e. The molecule has 23 heavy (non-hydrogen) atoms. The summed E-state index contributed by atoms with van der Waals surface area (Å²) in [5, 5.41) is 0. The second kappa shape index (κ2) is 13.1. The molecule has 0 spiro atoms. The first-order valence-electron chi connectivity index (χ1n) is 9.05. The molecule has 3 atom stereocenters. The van der Waals surface area contributed by atoms with E-state index in [0.29, 0.717) is 12.5 Å². The van der Waals surface area contributed by atoms with Crippen LogP contribution >= 0.6 is 0 Å². The number of nitrogens with two attached hydrogens (primary N) is 2. The van der Waals surface area contributed by atoms with E-state index in [0.717, 1.165) is 52.1 Å². The Kier molecular flexibility index (Phi) is 13.0. The molecule has 3 unspecified atom stereocenters. The Morgan fingerprint density at radius 1 is 1.00 bits per heavy atom. The third kappa shape index (κ3) is 15.1. The Morgan fingerprint density at radius 3 is 2.30 bits per heavy atom. The zero-order valence-corrected chi connectivity index (χ0v) is 16.0. The number of ether oxygens (including phenoxy) is 3. The quantitative estimate of drug-likeness (QED) is 0.451. The Labute approximate surface area is 143 Å². The second-order valence-electron chi connectivity index (χ2n) is 7.36. The monoisotopic (exact) mass is 332 g/mol. The van der Waals surface area contributed by atoms with Crippen LogP contribution in [-0.2, 0) is 14.2 Å². The topological polar surface area (TPSA) is 79.7 Å². The molecule has 0 bridgehead atoms. The van der Waals surface area contributed by atoms with Crippen LogP contribution < -0.4 is 11.5 Å². The molecule has 0 aromatic heterocycles. The van der Waals surface area contributed by atoms with Crippen LogP contribution in [0.2, 0.25) is 0 Å². The highest BCUT2D eigenvalue weighted by molar-refractivity contribution is 4.69. The van der Waals surface area contributed by atoms with Gasteiger partial charge in [-0.15, -0.1) is 0 Å². The lowest BCUT2D eigenvalue weighted by atomic mass is 10.0. The lowest BCUT2D eigenvalue weighted by Gasteiger charge is -2.27. The predicted octanol–water partition coefficient (Wildman–Crippen LogP) is 2.71. The van der Waals surface area contributed by atoms with E-state index in [-0.39, 0.29) is 17.7 Å². The van der Waals surface area contributed by atoms with Crippen LogP contribution in [0.1, 0.15) is 60.3 Å². The maximum Gasteiger partial charge on any atom is 0.0627 e. The Hall–Kier alpha value is -0.200. The maximum atomic E-state index is 5.92. The summed E-state index contributed by atoms with van der Waals surface area (Å²) in [6.07, 6.45) is 4.05. The lowest BCUT2D eigenvalue weighted by Crippen LogP contribution is -2.29. The van der Waals surface area contributed by atoms with Crippen molar-refractivity contribution >= 4 is 0 Å². The molecular formula is C18H40N2O3. The molecule has 5 nitrogen and oxygen atoms in total. The van der Waals surface area contributed by atoms with Crippen molar-refractivity contribution in [3.63, 3.8) is 0 Å². The van der Waals surface area contributed by atoms with Crippen molar-refractivity contribution in [2.45, 2.75) is 78.0 Å². The van der Waals surface area contributed by atoms with E-state index >= 15 is 0 Å². The van der Waals surface area contributed by atoms with Gasteiger partial charge in [0.25, 0.3) is 0 Å². The Balaban J connectivity index is 3.53. The Morgan fingerprint density at radius 2 is 1.70 bits per heavy atom. The second-order valence-corrected chi connectivity index (χ2v) is 7.36. The van der Waals surface area contributed by atoms with Gasteiger partial charge in [-0.3, -0.25) is 0 Å². The van der Waals surface area contributed by atoms with E-state index in [9.17, 15) is 0 Å². The number of hydrogen-bond acceptors (Lipinski definition) is 5. The molecule has 0 aromatic carbocycles. The molecule has 0 aliphatic heterocycles. The average Bonchev–Trinajstić information content (AvgIpc) is 2.48. The van der Waals surface area contributed by atoms with Gasteiger partial charge in [-0.25, -0.2) is 0 Å². The molecule has 140 valence electrons. The van der Waals surface area contributed by atoms with Crippen molar-refractivity contribution in [1.29, 1.82) is 0 Å². The third-order valence-electron chi connectivity index (χ3n) is 3.87. The van der Waals surface area contributed by atoms with Crippen molar-refractivity contribution in [2.24, 2.45) is 17.4 Å². The van der Waals surface area contributed by atoms with Gasteiger partial charge in [0.15, 0.2) is 0 Å². The highest BCUT2D eigenvalue weighted by atomic mass is 16.5. The zero-order valence-electron chi connectivity index (χ0n) is 16.0. The molecule has 0 radical (unpaired) electrons. The molecular weight excluding hydrogens is 292 g/mol. The highest BCUT2D eigenvalue weighted by Crippen LogP contribution is 2.18. The van der Waals surface area contributed by atoms with Crippen molar-refractivity contribution in [3.8, 4) is 0 Å². The fraction of sp³-hybridized carbons (Fsp3) is 1.00. The maximum absolute atomic E-state index is 5.92. The molecule has 0 fully saturated rings. The van der Waals surface area contributed by atoms with Gasteiger partial charge in [0, 0.05) is 25.9 Å². The minimum atomic E-state index is -0.109. The summed E-state index contributed by atoms with van der Waals surface area (Å²) in [5.41, 5.74) is 11.2. The fourth-order valence-electron chi connectivity index (χ4n) is 2.00. The Bertz CT molecular complexity index is 273. The summed E-state index contributed by atoms with van der Waals surface area (Å²) < 4.78 is 17.3. The molecule has 4 N–H and O–H groups in total. The normalized spacial score (nSPS) is 16.3.